The van der Waals surface area contributed by atoms with Crippen LogP contribution in [0.5, 0.6) is 11.5 Å². The summed E-state index contributed by atoms with van der Waals surface area (Å²) >= 11 is 18.7. The summed E-state index contributed by atoms with van der Waals surface area (Å²) in [5.74, 6) is -0.232. The van der Waals surface area contributed by atoms with Gasteiger partial charge in [-0.3, -0.25) is 14.5 Å². The molecule has 3 rings (SSSR count). The number of halogens is 2. The first kappa shape index (κ1) is 27.1. The van der Waals surface area contributed by atoms with Crippen molar-refractivity contribution in [1.82, 2.24) is 4.90 Å². The molecule has 0 radical (unpaired) electrons. The number of thiocarbonyl (C=S) groups is 1. The van der Waals surface area contributed by atoms with Crippen molar-refractivity contribution in [2.24, 2.45) is 0 Å². The Kier molecular flexibility index (Phi) is 9.63. The Balaban J connectivity index is 1.92. The first-order chi connectivity index (χ1) is 16.7. The van der Waals surface area contributed by atoms with Gasteiger partial charge in [0.1, 0.15) is 10.9 Å². The third-order valence-corrected chi connectivity index (χ3v) is 6.89. The zero-order valence-corrected chi connectivity index (χ0v) is 22.0. The lowest BCUT2D eigenvalue weighted by Gasteiger charge is -2.17. The van der Waals surface area contributed by atoms with Crippen LogP contribution in [0.15, 0.2) is 47.9 Å². The van der Waals surface area contributed by atoms with E-state index in [1.807, 2.05) is 13.0 Å². The van der Waals surface area contributed by atoms with Crippen molar-refractivity contribution in [2.75, 3.05) is 13.2 Å². The second-order valence-corrected chi connectivity index (χ2v) is 9.95. The van der Waals surface area contributed by atoms with Crippen LogP contribution in [0.25, 0.3) is 6.08 Å². The Bertz CT molecular complexity index is 1200. The third-order valence-electron chi connectivity index (χ3n) is 4.93. The minimum absolute atomic E-state index is 0.0310. The molecular weight excluding hydrogens is 529 g/mol. The highest BCUT2D eigenvalue weighted by Crippen LogP contribution is 2.38. The largest absolute Gasteiger partial charge is 0.490 e. The molecule has 1 heterocycles. The average molecular weight is 553 g/mol. The van der Waals surface area contributed by atoms with Gasteiger partial charge in [0.15, 0.2) is 11.5 Å². The van der Waals surface area contributed by atoms with Gasteiger partial charge in [0.2, 0.25) is 0 Å². The van der Waals surface area contributed by atoms with Gasteiger partial charge in [-0.05, 0) is 49.2 Å². The van der Waals surface area contributed by atoms with Gasteiger partial charge in [0, 0.05) is 27.7 Å². The molecule has 0 aromatic heterocycles. The van der Waals surface area contributed by atoms with E-state index in [0.29, 0.717) is 43.8 Å². The monoisotopic (exact) mass is 551 g/mol. The molecule has 0 unspecified atom stereocenters. The summed E-state index contributed by atoms with van der Waals surface area (Å²) in [5, 5.41) is 9.97. The van der Waals surface area contributed by atoms with E-state index >= 15 is 0 Å². The predicted molar refractivity (Wildman–Crippen MR) is 144 cm³/mol. The fourth-order valence-corrected chi connectivity index (χ4v) is 5.11. The van der Waals surface area contributed by atoms with Crippen molar-refractivity contribution in [3.8, 4) is 11.5 Å². The fraction of sp³-hybridized carbons (Fsp3) is 0.240. The summed E-state index contributed by atoms with van der Waals surface area (Å²) < 4.78 is 12.3. The molecule has 0 aliphatic carbocycles. The van der Waals surface area contributed by atoms with Gasteiger partial charge >= 0.3 is 5.97 Å². The molecule has 1 amide bonds. The van der Waals surface area contributed by atoms with Crippen LogP contribution in [0.4, 0.5) is 0 Å². The second-order valence-electron chi connectivity index (χ2n) is 7.43. The quantitative estimate of drug-likeness (QED) is 0.197. The Morgan fingerprint density at radius 3 is 2.66 bits per heavy atom. The highest BCUT2D eigenvalue weighted by molar-refractivity contribution is 8.26. The number of carbonyl (C=O) groups excluding carboxylic acids is 1. The number of carboxylic acid groups (broad SMARTS) is 1. The summed E-state index contributed by atoms with van der Waals surface area (Å²) in [5.41, 5.74) is 2.32. The highest BCUT2D eigenvalue weighted by Gasteiger charge is 2.32. The number of amides is 1. The van der Waals surface area contributed by atoms with Gasteiger partial charge in [0.05, 0.1) is 17.9 Å². The van der Waals surface area contributed by atoms with Crippen molar-refractivity contribution in [3.63, 3.8) is 0 Å². The van der Waals surface area contributed by atoms with Gasteiger partial charge in [0.25, 0.3) is 5.91 Å². The molecule has 35 heavy (non-hydrogen) atoms. The van der Waals surface area contributed by atoms with E-state index in [1.54, 1.807) is 36.4 Å². The maximum atomic E-state index is 12.8. The molecule has 2 aromatic rings. The molecule has 0 bridgehead atoms. The number of benzene rings is 2. The maximum absolute atomic E-state index is 12.8. The van der Waals surface area contributed by atoms with Crippen LogP contribution in [-0.4, -0.2) is 39.4 Å². The predicted octanol–water partition coefficient (Wildman–Crippen LogP) is 6.38. The molecule has 0 spiro atoms. The van der Waals surface area contributed by atoms with Gasteiger partial charge < -0.3 is 14.6 Å². The molecule has 0 atom stereocenters. The van der Waals surface area contributed by atoms with Crippen molar-refractivity contribution < 1.29 is 24.2 Å². The number of aliphatic carboxylic acids is 1. The third kappa shape index (κ3) is 7.01. The molecule has 2 aromatic carbocycles. The van der Waals surface area contributed by atoms with Crippen LogP contribution >= 0.6 is 47.2 Å². The zero-order chi connectivity index (χ0) is 25.5. The Morgan fingerprint density at radius 2 is 2.00 bits per heavy atom. The topological polar surface area (TPSA) is 76.1 Å². The van der Waals surface area contributed by atoms with Crippen molar-refractivity contribution in [2.45, 2.75) is 26.4 Å². The molecule has 1 fully saturated rings. The zero-order valence-electron chi connectivity index (χ0n) is 18.9. The van der Waals surface area contributed by atoms with Gasteiger partial charge in [-0.25, -0.2) is 0 Å². The first-order valence-corrected chi connectivity index (χ1v) is 12.7. The number of ether oxygens (including phenoxy) is 2. The number of hydrogen-bond acceptors (Lipinski definition) is 6. The van der Waals surface area contributed by atoms with Crippen LogP contribution in [0, 0.1) is 0 Å². The molecule has 184 valence electrons. The summed E-state index contributed by atoms with van der Waals surface area (Å²) in [7, 11) is 0. The number of carbonyl (C=O) groups is 2. The van der Waals surface area contributed by atoms with E-state index in [2.05, 4.69) is 6.58 Å². The first-order valence-electron chi connectivity index (χ1n) is 10.7. The van der Waals surface area contributed by atoms with Crippen LogP contribution in [0.3, 0.4) is 0 Å². The summed E-state index contributed by atoms with van der Waals surface area (Å²) in [6.45, 7) is 6.36. The lowest BCUT2D eigenvalue weighted by Crippen LogP contribution is -2.30. The molecule has 1 saturated heterocycles. The lowest BCUT2D eigenvalue weighted by molar-refractivity contribution is -0.137. The fourth-order valence-electron chi connectivity index (χ4n) is 3.34. The summed E-state index contributed by atoms with van der Waals surface area (Å²) in [6.07, 6.45) is 3.80. The minimum Gasteiger partial charge on any atom is -0.490 e. The molecule has 0 saturated carbocycles. The average Bonchev–Trinajstić information content (AvgIpc) is 3.05. The minimum atomic E-state index is -0.992. The second kappa shape index (κ2) is 12.4. The number of nitrogens with zero attached hydrogens (tertiary/aromatic N) is 1. The SMILES string of the molecule is C=CCc1cc(/C=C2/SC(=S)N(CCC(=O)O)C2=O)cc(OCC)c1OCc1ccc(Cl)cc1Cl. The van der Waals surface area contributed by atoms with Gasteiger partial charge in [-0.2, -0.15) is 0 Å². The van der Waals surface area contributed by atoms with Crippen LogP contribution in [0.2, 0.25) is 10.0 Å². The molecule has 10 heteroatoms. The number of rotatable bonds is 11. The number of carboxylic acids is 1. The number of allylic oxidation sites excluding steroid dienone is 1. The Labute approximate surface area is 223 Å². The van der Waals surface area contributed by atoms with Gasteiger partial charge in [-0.1, -0.05) is 59.3 Å². The summed E-state index contributed by atoms with van der Waals surface area (Å²) in [4.78, 5) is 25.4. The van der Waals surface area contributed by atoms with Crippen LogP contribution in [-0.2, 0) is 22.6 Å². The molecule has 6 nitrogen and oxygen atoms in total. The smallest absolute Gasteiger partial charge is 0.305 e. The van der Waals surface area contributed by atoms with E-state index in [9.17, 15) is 9.59 Å². The standard InChI is InChI=1S/C25H23Cl2NO5S2/c1-3-5-16-10-15(12-21-24(31)28(25(34)35-21)9-8-22(29)30)11-20(32-4-2)23(16)33-14-17-6-7-18(26)13-19(17)27/h3,6-7,10-13H,1,4-5,8-9,14H2,2H3,(H,29,30)/b21-12+. The van der Waals surface area contributed by atoms with Gasteiger partial charge in [-0.15, -0.1) is 6.58 Å². The molecule has 1 N–H and O–H groups in total. The molecular formula is C25H23Cl2NO5S2. The van der Waals surface area contributed by atoms with Crippen molar-refractivity contribution in [3.05, 3.63) is 74.6 Å². The van der Waals surface area contributed by atoms with E-state index in [4.69, 9.17) is 50.0 Å². The number of thioether (sulfide) groups is 1. The Hall–Kier alpha value is -2.52. The van der Waals surface area contributed by atoms with Crippen molar-refractivity contribution in [1.29, 1.82) is 0 Å². The van der Waals surface area contributed by atoms with Crippen LogP contribution < -0.4 is 9.47 Å². The molecule has 1 aliphatic heterocycles. The van der Waals surface area contributed by atoms with E-state index in [1.165, 1.54) is 4.90 Å². The van der Waals surface area contributed by atoms with Crippen molar-refractivity contribution >= 4 is 69.5 Å². The highest BCUT2D eigenvalue weighted by atomic mass is 35.5. The van der Waals surface area contributed by atoms with E-state index in [0.717, 1.165) is 28.5 Å². The molecule has 1 aliphatic rings. The normalized spacial score (nSPS) is 14.5. The summed E-state index contributed by atoms with van der Waals surface area (Å²) in [6, 6.07) is 8.89. The Morgan fingerprint density at radius 1 is 1.23 bits per heavy atom. The van der Waals surface area contributed by atoms with Crippen LogP contribution in [0.1, 0.15) is 30.0 Å². The maximum Gasteiger partial charge on any atom is 0.305 e. The van der Waals surface area contributed by atoms with E-state index < -0.39 is 5.97 Å². The lowest BCUT2D eigenvalue weighted by atomic mass is 10.0. The van der Waals surface area contributed by atoms with E-state index in [-0.39, 0.29) is 25.5 Å². The number of hydrogen-bond donors (Lipinski definition) is 1.